The van der Waals surface area contributed by atoms with Gasteiger partial charge < -0.3 is 15.1 Å². The molecule has 12 nitrogen and oxygen atoms in total. The zero-order chi connectivity index (χ0) is 21.8. The summed E-state index contributed by atoms with van der Waals surface area (Å²) in [4.78, 5) is 35.8. The number of hydrogen-bond acceptors (Lipinski definition) is 7. The Balaban J connectivity index is 1.76. The summed E-state index contributed by atoms with van der Waals surface area (Å²) in [5.41, 5.74) is 0.354. The van der Waals surface area contributed by atoms with Crippen LogP contribution in [0.4, 0.5) is 11.4 Å². The minimum atomic E-state index is -0.845. The molecular weight excluding hydrogens is 394 g/mol. The van der Waals surface area contributed by atoms with Crippen molar-refractivity contribution in [3.63, 3.8) is 0 Å². The van der Waals surface area contributed by atoms with Crippen LogP contribution in [0.1, 0.15) is 41.8 Å². The van der Waals surface area contributed by atoms with Crippen LogP contribution in [0.3, 0.4) is 0 Å². The minimum absolute atomic E-state index is 0.0483. The SMILES string of the molecule is CCn1cc(NC(=O)C(C)n2ncc([N+](=O)[O-])c2C)c(C(=O)NCc2ccco2)n1. The van der Waals surface area contributed by atoms with Crippen molar-refractivity contribution < 1.29 is 18.9 Å². The Morgan fingerprint density at radius 3 is 2.77 bits per heavy atom. The molecule has 2 N–H and O–H groups in total. The highest BCUT2D eigenvalue weighted by molar-refractivity contribution is 6.03. The number of nitrogens with one attached hydrogen (secondary N) is 2. The third-order valence-corrected chi connectivity index (χ3v) is 4.52. The summed E-state index contributed by atoms with van der Waals surface area (Å²) < 4.78 is 7.96. The van der Waals surface area contributed by atoms with E-state index in [1.807, 2.05) is 6.92 Å². The van der Waals surface area contributed by atoms with Gasteiger partial charge in [-0.05, 0) is 32.9 Å². The first kappa shape index (κ1) is 20.8. The molecule has 0 spiro atoms. The Labute approximate surface area is 171 Å². The molecule has 158 valence electrons. The summed E-state index contributed by atoms with van der Waals surface area (Å²) in [7, 11) is 0. The second-order valence-electron chi connectivity index (χ2n) is 6.49. The topological polar surface area (TPSA) is 150 Å². The number of carbonyl (C=O) groups excluding carboxylic acids is 2. The van der Waals surface area contributed by atoms with Crippen LogP contribution in [0, 0.1) is 17.0 Å². The Morgan fingerprint density at radius 1 is 1.40 bits per heavy atom. The van der Waals surface area contributed by atoms with Crippen molar-refractivity contribution in [2.24, 2.45) is 0 Å². The number of rotatable bonds is 8. The van der Waals surface area contributed by atoms with Crippen molar-refractivity contribution in [1.29, 1.82) is 0 Å². The average Bonchev–Trinajstić information content (AvgIpc) is 3.45. The van der Waals surface area contributed by atoms with E-state index in [2.05, 4.69) is 20.8 Å². The van der Waals surface area contributed by atoms with Gasteiger partial charge in [0.2, 0.25) is 5.91 Å². The Morgan fingerprint density at radius 2 is 2.17 bits per heavy atom. The number of aryl methyl sites for hydroxylation is 1. The normalized spacial score (nSPS) is 11.8. The van der Waals surface area contributed by atoms with E-state index < -0.39 is 22.8 Å². The molecular formula is C18H21N7O5. The molecule has 0 radical (unpaired) electrons. The molecule has 0 saturated heterocycles. The number of hydrogen-bond donors (Lipinski definition) is 2. The molecule has 0 aliphatic heterocycles. The van der Waals surface area contributed by atoms with Gasteiger partial charge in [-0.25, -0.2) is 0 Å². The Bertz CT molecular complexity index is 1070. The first-order chi connectivity index (χ1) is 14.3. The van der Waals surface area contributed by atoms with Gasteiger partial charge in [0.25, 0.3) is 5.91 Å². The summed E-state index contributed by atoms with van der Waals surface area (Å²) in [5.74, 6) is -0.396. The Kier molecular flexibility index (Phi) is 5.95. The standard InChI is InChI=1S/C18H21N7O5/c1-4-23-10-14(16(22-23)18(27)19-8-13-6-5-7-30-13)21-17(26)12(3)24-11(2)15(9-20-24)25(28)29/h5-7,9-10,12H,4,8H2,1-3H3,(H,19,27)(H,21,26). The van der Waals surface area contributed by atoms with Gasteiger partial charge in [0, 0.05) is 12.7 Å². The molecule has 1 atom stereocenters. The first-order valence-electron chi connectivity index (χ1n) is 9.19. The van der Waals surface area contributed by atoms with Crippen molar-refractivity contribution in [3.8, 4) is 0 Å². The molecule has 0 aliphatic carbocycles. The quantitative estimate of drug-likeness (QED) is 0.422. The summed E-state index contributed by atoms with van der Waals surface area (Å²) >= 11 is 0. The molecule has 0 saturated carbocycles. The van der Waals surface area contributed by atoms with Crippen LogP contribution in [0.25, 0.3) is 0 Å². The summed E-state index contributed by atoms with van der Waals surface area (Å²) in [6, 6.07) is 2.59. The summed E-state index contributed by atoms with van der Waals surface area (Å²) in [6.07, 6.45) is 4.15. The predicted molar refractivity (Wildman–Crippen MR) is 105 cm³/mol. The van der Waals surface area contributed by atoms with Gasteiger partial charge >= 0.3 is 5.69 Å². The van der Waals surface area contributed by atoms with E-state index in [4.69, 9.17) is 4.42 Å². The molecule has 0 bridgehead atoms. The lowest BCUT2D eigenvalue weighted by Crippen LogP contribution is -2.28. The maximum absolute atomic E-state index is 12.7. The van der Waals surface area contributed by atoms with E-state index in [1.165, 1.54) is 22.6 Å². The monoisotopic (exact) mass is 415 g/mol. The maximum atomic E-state index is 12.7. The molecule has 1 unspecified atom stereocenters. The third kappa shape index (κ3) is 4.21. The van der Waals surface area contributed by atoms with Crippen molar-refractivity contribution in [2.45, 2.75) is 39.9 Å². The Hall–Kier alpha value is -3.96. The van der Waals surface area contributed by atoms with Crippen LogP contribution in [-0.2, 0) is 17.9 Å². The van der Waals surface area contributed by atoms with Gasteiger partial charge in [-0.1, -0.05) is 0 Å². The van der Waals surface area contributed by atoms with Crippen LogP contribution in [0.15, 0.2) is 35.2 Å². The van der Waals surface area contributed by atoms with Crippen LogP contribution >= 0.6 is 0 Å². The second-order valence-corrected chi connectivity index (χ2v) is 6.49. The number of nitro groups is 1. The number of nitrogens with zero attached hydrogens (tertiary/aromatic N) is 5. The van der Waals surface area contributed by atoms with Gasteiger partial charge in [-0.15, -0.1) is 0 Å². The lowest BCUT2D eigenvalue weighted by molar-refractivity contribution is -0.385. The fraction of sp³-hybridized carbons (Fsp3) is 0.333. The van der Waals surface area contributed by atoms with E-state index in [-0.39, 0.29) is 29.3 Å². The van der Waals surface area contributed by atoms with Crippen molar-refractivity contribution in [3.05, 3.63) is 58.1 Å². The fourth-order valence-corrected chi connectivity index (χ4v) is 2.84. The molecule has 3 aromatic heterocycles. The third-order valence-electron chi connectivity index (χ3n) is 4.52. The summed E-state index contributed by atoms with van der Waals surface area (Å²) in [5, 5.41) is 24.5. The van der Waals surface area contributed by atoms with E-state index in [0.29, 0.717) is 12.3 Å². The molecule has 3 heterocycles. The first-order valence-corrected chi connectivity index (χ1v) is 9.19. The largest absolute Gasteiger partial charge is 0.467 e. The minimum Gasteiger partial charge on any atom is -0.467 e. The summed E-state index contributed by atoms with van der Waals surface area (Å²) in [6.45, 7) is 5.58. The van der Waals surface area contributed by atoms with Gasteiger partial charge in [0.05, 0.1) is 23.4 Å². The fourth-order valence-electron chi connectivity index (χ4n) is 2.84. The number of furan rings is 1. The number of amides is 2. The zero-order valence-corrected chi connectivity index (χ0v) is 16.7. The van der Waals surface area contributed by atoms with Crippen LogP contribution < -0.4 is 10.6 Å². The lowest BCUT2D eigenvalue weighted by atomic mass is 10.2. The highest BCUT2D eigenvalue weighted by Gasteiger charge is 2.26. The molecule has 2 amide bonds. The van der Waals surface area contributed by atoms with Gasteiger partial charge in [-0.2, -0.15) is 10.2 Å². The molecule has 12 heteroatoms. The van der Waals surface area contributed by atoms with Crippen LogP contribution in [0.2, 0.25) is 0 Å². The smallest absolute Gasteiger partial charge is 0.309 e. The van der Waals surface area contributed by atoms with Gasteiger partial charge in [0.15, 0.2) is 5.69 Å². The zero-order valence-electron chi connectivity index (χ0n) is 16.7. The molecule has 0 aromatic carbocycles. The van der Waals surface area contributed by atoms with Gasteiger partial charge in [0.1, 0.15) is 23.7 Å². The second kappa shape index (κ2) is 8.59. The maximum Gasteiger partial charge on any atom is 0.309 e. The molecule has 3 rings (SSSR count). The molecule has 0 aliphatic rings. The van der Waals surface area contributed by atoms with Crippen molar-refractivity contribution in [1.82, 2.24) is 24.9 Å². The van der Waals surface area contributed by atoms with E-state index in [0.717, 1.165) is 6.20 Å². The van der Waals surface area contributed by atoms with Crippen LogP contribution in [0.5, 0.6) is 0 Å². The lowest BCUT2D eigenvalue weighted by Gasteiger charge is -2.13. The van der Waals surface area contributed by atoms with Crippen LogP contribution in [-0.4, -0.2) is 36.3 Å². The van der Waals surface area contributed by atoms with Crippen molar-refractivity contribution in [2.75, 3.05) is 5.32 Å². The predicted octanol–water partition coefficient (Wildman–Crippen LogP) is 2.04. The number of carbonyl (C=O) groups is 2. The van der Waals surface area contributed by atoms with E-state index in [9.17, 15) is 19.7 Å². The van der Waals surface area contributed by atoms with E-state index in [1.54, 1.807) is 25.3 Å². The van der Waals surface area contributed by atoms with Gasteiger partial charge in [-0.3, -0.25) is 29.1 Å². The average molecular weight is 415 g/mol. The molecule has 30 heavy (non-hydrogen) atoms. The van der Waals surface area contributed by atoms with E-state index >= 15 is 0 Å². The van der Waals surface area contributed by atoms with Crippen molar-refractivity contribution >= 4 is 23.2 Å². The highest BCUT2D eigenvalue weighted by atomic mass is 16.6. The number of anilines is 1. The molecule has 0 fully saturated rings. The molecule has 3 aromatic rings. The number of aromatic nitrogens is 4. The highest BCUT2D eigenvalue weighted by Crippen LogP contribution is 2.22.